The van der Waals surface area contributed by atoms with Gasteiger partial charge in [0, 0.05) is 18.0 Å². The molecule has 0 aliphatic carbocycles. The lowest BCUT2D eigenvalue weighted by atomic mass is 10.3. The lowest BCUT2D eigenvalue weighted by molar-refractivity contribution is 0.139. The van der Waals surface area contributed by atoms with Crippen molar-refractivity contribution in [2.45, 2.75) is 19.6 Å². The van der Waals surface area contributed by atoms with Crippen LogP contribution in [0.2, 0.25) is 0 Å². The predicted molar refractivity (Wildman–Crippen MR) is 52.3 cm³/mol. The summed E-state index contributed by atoms with van der Waals surface area (Å²) in [6, 6.07) is 4.17. The van der Waals surface area contributed by atoms with Crippen molar-refractivity contribution in [1.29, 1.82) is 0 Å². The van der Waals surface area contributed by atoms with Crippen LogP contribution in [-0.2, 0) is 6.54 Å². The molecule has 0 saturated heterocycles. The Balaban J connectivity index is 2.32. The van der Waals surface area contributed by atoms with Crippen LogP contribution < -0.4 is 0 Å². The first kappa shape index (κ1) is 9.71. The minimum Gasteiger partial charge on any atom is -0.392 e. The van der Waals surface area contributed by atoms with Crippen molar-refractivity contribution in [2.24, 2.45) is 0 Å². The highest BCUT2D eigenvalue weighted by Gasteiger charge is 2.03. The van der Waals surface area contributed by atoms with Crippen molar-refractivity contribution in [2.75, 3.05) is 13.6 Å². The van der Waals surface area contributed by atoms with Gasteiger partial charge in [0.2, 0.25) is 0 Å². The van der Waals surface area contributed by atoms with Crippen molar-refractivity contribution >= 4 is 11.3 Å². The zero-order valence-corrected chi connectivity index (χ0v) is 8.34. The molecule has 0 unspecified atom stereocenters. The molecule has 0 radical (unpaired) electrons. The monoisotopic (exact) mass is 185 g/mol. The maximum atomic E-state index is 9.11. The molecule has 1 aromatic rings. The molecule has 0 aliphatic heterocycles. The molecule has 0 amide bonds. The van der Waals surface area contributed by atoms with Crippen LogP contribution in [0.1, 0.15) is 11.8 Å². The molecule has 2 nitrogen and oxygen atoms in total. The van der Waals surface area contributed by atoms with Crippen molar-refractivity contribution in [1.82, 2.24) is 4.90 Å². The number of thiophene rings is 1. The average Bonchev–Trinajstić information content (AvgIpc) is 2.37. The van der Waals surface area contributed by atoms with Gasteiger partial charge in [-0.05, 0) is 25.4 Å². The Morgan fingerprint density at radius 3 is 2.92 bits per heavy atom. The van der Waals surface area contributed by atoms with Crippen molar-refractivity contribution in [3.8, 4) is 0 Å². The SMILES string of the molecule is C[C@H](O)CN(C)Cc1cccs1. The van der Waals surface area contributed by atoms with Gasteiger partial charge in [0.1, 0.15) is 0 Å². The minimum atomic E-state index is -0.241. The molecule has 0 aliphatic rings. The average molecular weight is 185 g/mol. The quantitative estimate of drug-likeness (QED) is 0.769. The van der Waals surface area contributed by atoms with Crippen LogP contribution in [0.3, 0.4) is 0 Å². The summed E-state index contributed by atoms with van der Waals surface area (Å²) in [5.74, 6) is 0. The molecule has 68 valence electrons. The van der Waals surface area contributed by atoms with E-state index in [-0.39, 0.29) is 6.10 Å². The van der Waals surface area contributed by atoms with Gasteiger partial charge in [0.25, 0.3) is 0 Å². The topological polar surface area (TPSA) is 23.5 Å². The Labute approximate surface area is 77.5 Å². The molecule has 1 atom stereocenters. The van der Waals surface area contributed by atoms with E-state index in [0.717, 1.165) is 13.1 Å². The van der Waals surface area contributed by atoms with Gasteiger partial charge in [0.05, 0.1) is 6.10 Å². The summed E-state index contributed by atoms with van der Waals surface area (Å²) in [5.41, 5.74) is 0. The zero-order chi connectivity index (χ0) is 8.97. The van der Waals surface area contributed by atoms with E-state index < -0.39 is 0 Å². The van der Waals surface area contributed by atoms with E-state index in [2.05, 4.69) is 22.4 Å². The molecular weight excluding hydrogens is 170 g/mol. The van der Waals surface area contributed by atoms with Crippen LogP contribution in [0.5, 0.6) is 0 Å². The molecule has 1 heterocycles. The van der Waals surface area contributed by atoms with Crippen LogP contribution in [0.4, 0.5) is 0 Å². The number of hydrogen-bond acceptors (Lipinski definition) is 3. The molecule has 0 spiro atoms. The second-order valence-electron chi connectivity index (χ2n) is 3.13. The maximum Gasteiger partial charge on any atom is 0.0639 e. The van der Waals surface area contributed by atoms with Gasteiger partial charge in [-0.15, -0.1) is 11.3 Å². The minimum absolute atomic E-state index is 0.241. The first-order valence-electron chi connectivity index (χ1n) is 4.07. The Kier molecular flexibility index (Phi) is 3.72. The van der Waals surface area contributed by atoms with Gasteiger partial charge in [-0.2, -0.15) is 0 Å². The summed E-state index contributed by atoms with van der Waals surface area (Å²) in [6.45, 7) is 3.48. The highest BCUT2D eigenvalue weighted by molar-refractivity contribution is 7.09. The highest BCUT2D eigenvalue weighted by Crippen LogP contribution is 2.10. The smallest absolute Gasteiger partial charge is 0.0639 e. The standard InChI is InChI=1S/C9H15NOS/c1-8(11)6-10(2)7-9-4-3-5-12-9/h3-5,8,11H,6-7H2,1-2H3/t8-/m0/s1. The van der Waals surface area contributed by atoms with Crippen LogP contribution >= 0.6 is 11.3 Å². The third kappa shape index (κ3) is 3.34. The molecule has 1 N–H and O–H groups in total. The number of hydrogen-bond donors (Lipinski definition) is 1. The number of rotatable bonds is 4. The van der Waals surface area contributed by atoms with E-state index in [1.807, 2.05) is 14.0 Å². The van der Waals surface area contributed by atoms with E-state index in [1.165, 1.54) is 4.88 Å². The molecule has 12 heavy (non-hydrogen) atoms. The van der Waals surface area contributed by atoms with Crippen LogP contribution in [-0.4, -0.2) is 29.7 Å². The molecule has 0 fully saturated rings. The summed E-state index contributed by atoms with van der Waals surface area (Å²) in [4.78, 5) is 3.47. The fraction of sp³-hybridized carbons (Fsp3) is 0.556. The third-order valence-electron chi connectivity index (χ3n) is 1.58. The second-order valence-corrected chi connectivity index (χ2v) is 4.16. The first-order chi connectivity index (χ1) is 5.68. The largest absolute Gasteiger partial charge is 0.392 e. The summed E-state index contributed by atoms with van der Waals surface area (Å²) in [7, 11) is 2.02. The fourth-order valence-corrected chi connectivity index (χ4v) is 1.97. The van der Waals surface area contributed by atoms with Crippen LogP contribution in [0, 0.1) is 0 Å². The molecule has 1 aromatic heterocycles. The molecule has 0 aromatic carbocycles. The Morgan fingerprint density at radius 2 is 2.42 bits per heavy atom. The second kappa shape index (κ2) is 4.60. The first-order valence-corrected chi connectivity index (χ1v) is 4.95. The number of nitrogens with zero attached hydrogens (tertiary/aromatic N) is 1. The number of likely N-dealkylation sites (N-methyl/N-ethyl adjacent to an activating group) is 1. The van der Waals surface area contributed by atoms with Gasteiger partial charge in [-0.3, -0.25) is 4.90 Å². The third-order valence-corrected chi connectivity index (χ3v) is 2.44. The van der Waals surface area contributed by atoms with E-state index >= 15 is 0 Å². The molecule has 1 rings (SSSR count). The molecule has 3 heteroatoms. The molecule has 0 bridgehead atoms. The van der Waals surface area contributed by atoms with Gasteiger partial charge < -0.3 is 5.11 Å². The normalized spacial score (nSPS) is 13.7. The molecule has 0 saturated carbocycles. The number of aliphatic hydroxyl groups is 1. The Bertz CT molecular complexity index is 208. The van der Waals surface area contributed by atoms with Crippen LogP contribution in [0.25, 0.3) is 0 Å². The summed E-state index contributed by atoms with van der Waals surface area (Å²) < 4.78 is 0. The van der Waals surface area contributed by atoms with Crippen molar-refractivity contribution < 1.29 is 5.11 Å². The number of aliphatic hydroxyl groups excluding tert-OH is 1. The van der Waals surface area contributed by atoms with E-state index in [4.69, 9.17) is 5.11 Å². The zero-order valence-electron chi connectivity index (χ0n) is 7.53. The van der Waals surface area contributed by atoms with Crippen molar-refractivity contribution in [3.63, 3.8) is 0 Å². The van der Waals surface area contributed by atoms with Gasteiger partial charge in [-0.1, -0.05) is 6.07 Å². The van der Waals surface area contributed by atoms with E-state index in [1.54, 1.807) is 11.3 Å². The molecular formula is C9H15NOS. The van der Waals surface area contributed by atoms with Crippen molar-refractivity contribution in [3.05, 3.63) is 22.4 Å². The van der Waals surface area contributed by atoms with E-state index in [9.17, 15) is 0 Å². The fourth-order valence-electron chi connectivity index (χ4n) is 1.18. The Morgan fingerprint density at radius 1 is 1.67 bits per heavy atom. The summed E-state index contributed by atoms with van der Waals surface area (Å²) >= 11 is 1.76. The summed E-state index contributed by atoms with van der Waals surface area (Å²) in [5, 5.41) is 11.2. The maximum absolute atomic E-state index is 9.11. The van der Waals surface area contributed by atoms with Crippen LogP contribution in [0.15, 0.2) is 17.5 Å². The van der Waals surface area contributed by atoms with Gasteiger partial charge >= 0.3 is 0 Å². The highest BCUT2D eigenvalue weighted by atomic mass is 32.1. The predicted octanol–water partition coefficient (Wildman–Crippen LogP) is 1.56. The Hall–Kier alpha value is -0.380. The van der Waals surface area contributed by atoms with E-state index in [0.29, 0.717) is 0 Å². The lowest BCUT2D eigenvalue weighted by Gasteiger charge is -2.16. The van der Waals surface area contributed by atoms with Gasteiger partial charge in [0.15, 0.2) is 0 Å². The summed E-state index contributed by atoms with van der Waals surface area (Å²) in [6.07, 6.45) is -0.241. The lowest BCUT2D eigenvalue weighted by Crippen LogP contribution is -2.26. The van der Waals surface area contributed by atoms with Gasteiger partial charge in [-0.25, -0.2) is 0 Å².